The van der Waals surface area contributed by atoms with Crippen LogP contribution in [-0.2, 0) is 0 Å². The topological polar surface area (TPSA) is 24.1 Å². The maximum Gasteiger partial charge on any atom is 0.122 e. The second kappa shape index (κ2) is 15.2. The van der Waals surface area contributed by atoms with E-state index in [-0.39, 0.29) is 11.4 Å². The minimum atomic E-state index is -0.116. The molecule has 1 fully saturated rings. The summed E-state index contributed by atoms with van der Waals surface area (Å²) in [7, 11) is 0. The van der Waals surface area contributed by atoms with Crippen molar-refractivity contribution in [3.8, 4) is 0 Å². The highest BCUT2D eigenvalue weighted by Gasteiger charge is 2.37. The first-order valence-corrected chi connectivity index (χ1v) is 12.9. The van der Waals surface area contributed by atoms with E-state index in [1.54, 1.807) is 13.0 Å². The number of halogens is 1. The second-order valence-electron chi connectivity index (χ2n) is 9.97. The second-order valence-corrected chi connectivity index (χ2v) is 9.97. The fraction of sp³-hybridized carbons (Fsp3) is 0.600. The molecule has 3 heteroatoms. The van der Waals surface area contributed by atoms with Crippen LogP contribution < -0.4 is 10.9 Å². The van der Waals surface area contributed by atoms with Crippen LogP contribution in [-0.4, -0.2) is 12.1 Å². The van der Waals surface area contributed by atoms with Gasteiger partial charge in [-0.05, 0) is 87.5 Å². The Hall–Kier alpha value is -1.71. The van der Waals surface area contributed by atoms with Crippen LogP contribution in [0.15, 0.2) is 71.2 Å². The van der Waals surface area contributed by atoms with Gasteiger partial charge in [-0.2, -0.15) is 0 Å². The van der Waals surface area contributed by atoms with Crippen molar-refractivity contribution in [3.05, 3.63) is 71.2 Å². The Morgan fingerprint density at radius 2 is 1.79 bits per heavy atom. The Balaban J connectivity index is 2.90. The number of hydrazine groups is 1. The van der Waals surface area contributed by atoms with Crippen LogP contribution in [0.5, 0.6) is 0 Å². The Bertz CT molecular complexity index is 758. The lowest BCUT2D eigenvalue weighted by molar-refractivity contribution is 0.339. The molecule has 0 heterocycles. The average Bonchev–Trinajstić information content (AvgIpc) is 3.26. The van der Waals surface area contributed by atoms with Gasteiger partial charge in [-0.3, -0.25) is 5.43 Å². The highest BCUT2D eigenvalue weighted by Crippen LogP contribution is 2.40. The van der Waals surface area contributed by atoms with Gasteiger partial charge < -0.3 is 0 Å². The van der Waals surface area contributed by atoms with Crippen molar-refractivity contribution in [3.63, 3.8) is 0 Å². The lowest BCUT2D eigenvalue weighted by Crippen LogP contribution is -2.52. The minimum absolute atomic E-state index is 0.0674. The molecule has 0 aliphatic heterocycles. The van der Waals surface area contributed by atoms with E-state index in [9.17, 15) is 4.39 Å². The number of allylic oxidation sites excluding steroid dienone is 8. The lowest BCUT2D eigenvalue weighted by Gasteiger charge is -2.34. The fourth-order valence-electron chi connectivity index (χ4n) is 4.65. The molecule has 0 aromatic carbocycles. The first-order valence-electron chi connectivity index (χ1n) is 12.9. The van der Waals surface area contributed by atoms with Crippen molar-refractivity contribution in [1.82, 2.24) is 10.9 Å². The Morgan fingerprint density at radius 3 is 2.33 bits per heavy atom. The number of hydrogen-bond acceptors (Lipinski definition) is 2. The molecular formula is C30H49FN2. The lowest BCUT2D eigenvalue weighted by atomic mass is 9.81. The van der Waals surface area contributed by atoms with Crippen LogP contribution in [0.4, 0.5) is 4.39 Å². The normalized spacial score (nSPS) is 17.7. The van der Waals surface area contributed by atoms with E-state index in [0.29, 0.717) is 12.5 Å². The molecule has 0 aromatic heterocycles. The molecule has 0 spiro atoms. The van der Waals surface area contributed by atoms with Crippen molar-refractivity contribution < 1.29 is 4.39 Å². The van der Waals surface area contributed by atoms with Crippen molar-refractivity contribution in [2.24, 2.45) is 5.92 Å². The molecule has 1 aliphatic rings. The van der Waals surface area contributed by atoms with Crippen LogP contribution in [0.1, 0.15) is 99.3 Å². The predicted octanol–water partition coefficient (Wildman–Crippen LogP) is 8.82. The molecule has 0 bridgehead atoms. The molecule has 0 atom stereocenters. The first kappa shape index (κ1) is 29.3. The van der Waals surface area contributed by atoms with Gasteiger partial charge in [0.15, 0.2) is 0 Å². The van der Waals surface area contributed by atoms with Gasteiger partial charge in [-0.25, -0.2) is 9.82 Å². The van der Waals surface area contributed by atoms with Gasteiger partial charge in [-0.15, -0.1) is 0 Å². The third-order valence-electron chi connectivity index (χ3n) is 6.69. The molecule has 2 nitrogen and oxygen atoms in total. The quantitative estimate of drug-likeness (QED) is 0.146. The van der Waals surface area contributed by atoms with Crippen LogP contribution in [0.3, 0.4) is 0 Å². The molecular weight excluding hydrogens is 407 g/mol. The molecule has 0 radical (unpaired) electrons. The van der Waals surface area contributed by atoms with Gasteiger partial charge in [0.25, 0.3) is 0 Å². The van der Waals surface area contributed by atoms with Crippen LogP contribution >= 0.6 is 0 Å². The van der Waals surface area contributed by atoms with E-state index in [0.717, 1.165) is 56.1 Å². The monoisotopic (exact) mass is 456 g/mol. The fourth-order valence-corrected chi connectivity index (χ4v) is 4.65. The zero-order valence-corrected chi connectivity index (χ0v) is 22.2. The van der Waals surface area contributed by atoms with Gasteiger partial charge in [-0.1, -0.05) is 83.1 Å². The molecule has 0 unspecified atom stereocenters. The van der Waals surface area contributed by atoms with Crippen LogP contribution in [0.2, 0.25) is 0 Å². The maximum atomic E-state index is 14.1. The van der Waals surface area contributed by atoms with Gasteiger partial charge >= 0.3 is 0 Å². The third-order valence-corrected chi connectivity index (χ3v) is 6.69. The van der Waals surface area contributed by atoms with Crippen LogP contribution in [0.25, 0.3) is 0 Å². The number of unbranched alkanes of at least 4 members (excludes halogenated alkanes) is 1. The summed E-state index contributed by atoms with van der Waals surface area (Å²) >= 11 is 0. The smallest absolute Gasteiger partial charge is 0.122 e. The van der Waals surface area contributed by atoms with Gasteiger partial charge in [0.05, 0.1) is 5.54 Å². The summed E-state index contributed by atoms with van der Waals surface area (Å²) in [6, 6.07) is 0. The SMILES string of the molecule is C=C(C)/C(C(=C)CCC(C)C)=C(/C)C1(NNC/C=C/C=C(CCCC)\C(F)=C\C)CCCC1. The largest absolute Gasteiger partial charge is 0.253 e. The summed E-state index contributed by atoms with van der Waals surface area (Å²) in [5.74, 6) is 0.549. The van der Waals surface area contributed by atoms with E-state index in [4.69, 9.17) is 0 Å². The van der Waals surface area contributed by atoms with E-state index < -0.39 is 0 Å². The zero-order valence-electron chi connectivity index (χ0n) is 22.2. The Kier molecular flexibility index (Phi) is 13.5. The van der Waals surface area contributed by atoms with Gasteiger partial charge in [0.2, 0.25) is 0 Å². The van der Waals surface area contributed by atoms with Crippen molar-refractivity contribution in [2.45, 2.75) is 105 Å². The highest BCUT2D eigenvalue weighted by atomic mass is 19.1. The van der Waals surface area contributed by atoms with Crippen LogP contribution in [0, 0.1) is 5.92 Å². The Morgan fingerprint density at radius 1 is 1.12 bits per heavy atom. The van der Waals surface area contributed by atoms with Gasteiger partial charge in [0, 0.05) is 6.54 Å². The predicted molar refractivity (Wildman–Crippen MR) is 145 cm³/mol. The molecule has 0 aromatic rings. The summed E-state index contributed by atoms with van der Waals surface area (Å²) in [6.45, 7) is 22.2. The molecule has 1 rings (SSSR count). The average molecular weight is 457 g/mol. The molecule has 1 aliphatic carbocycles. The van der Waals surface area contributed by atoms with Gasteiger partial charge in [0.1, 0.15) is 5.83 Å². The zero-order chi connectivity index (χ0) is 24.9. The number of rotatable bonds is 15. The van der Waals surface area contributed by atoms with Crippen molar-refractivity contribution in [1.29, 1.82) is 0 Å². The van der Waals surface area contributed by atoms with E-state index in [1.165, 1.54) is 29.6 Å². The number of hydrogen-bond donors (Lipinski definition) is 2. The number of nitrogens with one attached hydrogen (secondary N) is 2. The van der Waals surface area contributed by atoms with E-state index in [2.05, 4.69) is 58.6 Å². The van der Waals surface area contributed by atoms with E-state index in [1.807, 2.05) is 18.2 Å². The summed E-state index contributed by atoms with van der Waals surface area (Å²) < 4.78 is 14.1. The molecule has 0 amide bonds. The molecule has 1 saturated carbocycles. The summed E-state index contributed by atoms with van der Waals surface area (Å²) in [6.07, 6.45) is 17.1. The summed E-state index contributed by atoms with van der Waals surface area (Å²) in [4.78, 5) is 0. The maximum absolute atomic E-state index is 14.1. The van der Waals surface area contributed by atoms with E-state index >= 15 is 0 Å². The first-order chi connectivity index (χ1) is 15.7. The summed E-state index contributed by atoms with van der Waals surface area (Å²) in [5.41, 5.74) is 12.7. The summed E-state index contributed by atoms with van der Waals surface area (Å²) in [5, 5.41) is 0. The third kappa shape index (κ3) is 9.59. The Labute approximate surface area is 203 Å². The molecule has 2 N–H and O–H groups in total. The highest BCUT2D eigenvalue weighted by molar-refractivity contribution is 5.49. The molecule has 0 saturated heterocycles. The standard InChI is InChI=1S/C30H49FN2/c1-9-11-16-27(28(31)10-2)17-12-15-22-32-33-30(20-13-14-21-30)26(8)29(24(5)6)25(7)19-18-23(3)4/h10,12,15,17,23,32-33H,5,7,9,11,13-14,16,18-22H2,1-4,6,8H3/b15-12+,27-17-,28-10-,29-26+. The van der Waals surface area contributed by atoms with Crippen molar-refractivity contribution in [2.75, 3.05) is 6.54 Å². The minimum Gasteiger partial charge on any atom is -0.253 e. The molecule has 33 heavy (non-hydrogen) atoms. The molecule has 186 valence electrons. The van der Waals surface area contributed by atoms with Crippen molar-refractivity contribution >= 4 is 0 Å².